The van der Waals surface area contributed by atoms with Gasteiger partial charge in [0.1, 0.15) is 11.6 Å². The SMILES string of the molecule is Cc1nc(SCc2c(F)ccc(Br)c2F)sc1CC(=O)O. The Morgan fingerprint density at radius 3 is 2.86 bits per heavy atom. The lowest BCUT2D eigenvalue weighted by Gasteiger charge is -2.04. The number of aryl methyl sites for hydroxylation is 1. The third-order valence-electron chi connectivity index (χ3n) is 2.66. The number of aromatic nitrogens is 1. The first-order valence-corrected chi connectivity index (χ1v) is 8.41. The highest BCUT2D eigenvalue weighted by Gasteiger charge is 2.15. The van der Waals surface area contributed by atoms with Crippen LogP contribution in [0.5, 0.6) is 0 Å². The third-order valence-corrected chi connectivity index (χ3v) is 5.60. The molecule has 0 aliphatic heterocycles. The van der Waals surface area contributed by atoms with Gasteiger partial charge in [0.2, 0.25) is 0 Å². The molecule has 2 rings (SSSR count). The van der Waals surface area contributed by atoms with Gasteiger partial charge in [-0.1, -0.05) is 11.8 Å². The zero-order valence-electron chi connectivity index (χ0n) is 10.8. The van der Waals surface area contributed by atoms with E-state index in [9.17, 15) is 13.6 Å². The smallest absolute Gasteiger partial charge is 0.308 e. The van der Waals surface area contributed by atoms with Gasteiger partial charge in [0, 0.05) is 16.2 Å². The third kappa shape index (κ3) is 4.02. The first-order valence-electron chi connectivity index (χ1n) is 5.81. The maximum absolute atomic E-state index is 13.8. The number of nitrogens with zero attached hydrogens (tertiary/aromatic N) is 1. The summed E-state index contributed by atoms with van der Waals surface area (Å²) in [7, 11) is 0. The fourth-order valence-electron chi connectivity index (χ4n) is 1.60. The van der Waals surface area contributed by atoms with E-state index < -0.39 is 17.6 Å². The van der Waals surface area contributed by atoms with Crippen LogP contribution in [-0.4, -0.2) is 16.1 Å². The second-order valence-electron chi connectivity index (χ2n) is 4.17. The van der Waals surface area contributed by atoms with Gasteiger partial charge in [0.05, 0.1) is 16.6 Å². The van der Waals surface area contributed by atoms with Crippen molar-refractivity contribution in [2.75, 3.05) is 0 Å². The van der Waals surface area contributed by atoms with Crippen LogP contribution in [-0.2, 0) is 17.0 Å². The van der Waals surface area contributed by atoms with Crippen molar-refractivity contribution in [3.05, 3.63) is 44.4 Å². The zero-order valence-corrected chi connectivity index (χ0v) is 14.0. The van der Waals surface area contributed by atoms with Gasteiger partial charge in [-0.2, -0.15) is 0 Å². The number of carboxylic acids is 1. The Morgan fingerprint density at radius 2 is 2.19 bits per heavy atom. The topological polar surface area (TPSA) is 50.2 Å². The molecular weight excluding hydrogens is 384 g/mol. The van der Waals surface area contributed by atoms with Crippen LogP contribution >= 0.6 is 39.0 Å². The number of halogens is 3. The number of aliphatic carboxylic acids is 1. The lowest BCUT2D eigenvalue weighted by atomic mass is 10.2. The maximum atomic E-state index is 13.8. The van der Waals surface area contributed by atoms with E-state index in [1.165, 1.54) is 35.2 Å². The van der Waals surface area contributed by atoms with Crippen LogP contribution in [0.25, 0.3) is 0 Å². The minimum absolute atomic E-state index is 0.0259. The van der Waals surface area contributed by atoms with Crippen LogP contribution in [0, 0.1) is 18.6 Å². The van der Waals surface area contributed by atoms with Crippen LogP contribution in [0.2, 0.25) is 0 Å². The Morgan fingerprint density at radius 1 is 1.48 bits per heavy atom. The van der Waals surface area contributed by atoms with Crippen LogP contribution < -0.4 is 0 Å². The number of hydrogen-bond donors (Lipinski definition) is 1. The van der Waals surface area contributed by atoms with Crippen molar-refractivity contribution in [2.45, 2.75) is 23.4 Å². The summed E-state index contributed by atoms with van der Waals surface area (Å²) in [6.07, 6.45) is -0.0936. The fraction of sp³-hybridized carbons (Fsp3) is 0.231. The molecule has 1 heterocycles. The molecule has 1 N–H and O–H groups in total. The van der Waals surface area contributed by atoms with E-state index >= 15 is 0 Å². The first kappa shape index (κ1) is 16.4. The maximum Gasteiger partial charge on any atom is 0.308 e. The number of thiazole rings is 1. The average molecular weight is 394 g/mol. The number of carboxylic acid groups (broad SMARTS) is 1. The molecule has 0 aliphatic rings. The molecule has 0 radical (unpaired) electrons. The van der Waals surface area contributed by atoms with Gasteiger partial charge < -0.3 is 5.11 Å². The molecule has 0 fully saturated rings. The monoisotopic (exact) mass is 393 g/mol. The molecule has 0 atom stereocenters. The van der Waals surface area contributed by atoms with E-state index in [0.29, 0.717) is 14.9 Å². The van der Waals surface area contributed by atoms with E-state index in [1.54, 1.807) is 6.92 Å². The van der Waals surface area contributed by atoms with E-state index in [1.807, 2.05) is 0 Å². The standard InChI is InChI=1S/C13H10BrF2NO2S2/c1-6-10(4-11(18)19)21-13(17-6)20-5-7-9(15)3-2-8(14)12(7)16/h2-3H,4-5H2,1H3,(H,18,19). The minimum atomic E-state index is -0.928. The summed E-state index contributed by atoms with van der Waals surface area (Å²) >= 11 is 5.44. The summed E-state index contributed by atoms with van der Waals surface area (Å²) < 4.78 is 28.3. The Bertz CT molecular complexity index is 691. The Hall–Kier alpha value is -0.990. The molecule has 0 bridgehead atoms. The van der Waals surface area contributed by atoms with Crippen LogP contribution in [0.3, 0.4) is 0 Å². The number of rotatable bonds is 5. The van der Waals surface area contributed by atoms with Crippen LogP contribution in [0.4, 0.5) is 8.78 Å². The van der Waals surface area contributed by atoms with E-state index in [2.05, 4.69) is 20.9 Å². The Kier molecular flexibility index (Phi) is 5.34. The highest BCUT2D eigenvalue weighted by molar-refractivity contribution is 9.10. The van der Waals surface area contributed by atoms with E-state index in [0.717, 1.165) is 0 Å². The second kappa shape index (κ2) is 6.85. The predicted molar refractivity (Wildman–Crippen MR) is 81.8 cm³/mol. The molecule has 112 valence electrons. The molecule has 0 unspecified atom stereocenters. The van der Waals surface area contributed by atoms with Crippen molar-refractivity contribution in [3.8, 4) is 0 Å². The predicted octanol–water partition coefficient (Wildman–Crippen LogP) is 4.41. The molecule has 0 saturated heterocycles. The van der Waals surface area contributed by atoms with Crippen molar-refractivity contribution >= 4 is 45.0 Å². The van der Waals surface area contributed by atoms with Crippen molar-refractivity contribution in [1.29, 1.82) is 0 Å². The van der Waals surface area contributed by atoms with Gasteiger partial charge in [0.25, 0.3) is 0 Å². The first-order chi connectivity index (χ1) is 9.88. The van der Waals surface area contributed by atoms with Gasteiger partial charge in [-0.3, -0.25) is 4.79 Å². The molecule has 0 saturated carbocycles. The quantitative estimate of drug-likeness (QED) is 0.603. The van der Waals surface area contributed by atoms with E-state index in [4.69, 9.17) is 5.11 Å². The van der Waals surface area contributed by atoms with Gasteiger partial charge in [-0.25, -0.2) is 13.8 Å². The summed E-state index contributed by atoms with van der Waals surface area (Å²) in [6, 6.07) is 2.52. The molecule has 3 nitrogen and oxygen atoms in total. The molecule has 0 spiro atoms. The van der Waals surface area contributed by atoms with E-state index in [-0.39, 0.29) is 22.2 Å². The lowest BCUT2D eigenvalue weighted by molar-refractivity contribution is -0.136. The summed E-state index contributed by atoms with van der Waals surface area (Å²) in [6.45, 7) is 1.72. The normalized spacial score (nSPS) is 10.9. The highest BCUT2D eigenvalue weighted by Crippen LogP contribution is 2.32. The number of benzene rings is 1. The van der Waals surface area contributed by atoms with Crippen molar-refractivity contribution < 1.29 is 18.7 Å². The highest BCUT2D eigenvalue weighted by atomic mass is 79.9. The molecule has 1 aromatic heterocycles. The summed E-state index contributed by atoms with van der Waals surface area (Å²) in [4.78, 5) is 15.6. The molecule has 21 heavy (non-hydrogen) atoms. The largest absolute Gasteiger partial charge is 0.481 e. The van der Waals surface area contributed by atoms with Gasteiger partial charge in [-0.15, -0.1) is 11.3 Å². The van der Waals surface area contributed by atoms with Crippen molar-refractivity contribution in [1.82, 2.24) is 4.98 Å². The lowest BCUT2D eigenvalue weighted by Crippen LogP contribution is -1.99. The van der Waals surface area contributed by atoms with Crippen molar-refractivity contribution in [3.63, 3.8) is 0 Å². The fourth-order valence-corrected chi connectivity index (χ4v) is 4.20. The zero-order chi connectivity index (χ0) is 15.6. The molecular formula is C13H10BrF2NO2S2. The molecule has 8 heteroatoms. The van der Waals surface area contributed by atoms with Crippen molar-refractivity contribution in [2.24, 2.45) is 0 Å². The number of carbonyl (C=O) groups is 1. The minimum Gasteiger partial charge on any atom is -0.481 e. The average Bonchev–Trinajstić information content (AvgIpc) is 2.74. The Balaban J connectivity index is 2.14. The molecule has 0 amide bonds. The van der Waals surface area contributed by atoms with Gasteiger partial charge in [0.15, 0.2) is 4.34 Å². The van der Waals surface area contributed by atoms with Gasteiger partial charge >= 0.3 is 5.97 Å². The second-order valence-corrected chi connectivity index (χ2v) is 7.33. The molecule has 1 aromatic carbocycles. The number of hydrogen-bond acceptors (Lipinski definition) is 4. The van der Waals surface area contributed by atoms with Crippen LogP contribution in [0.15, 0.2) is 20.9 Å². The summed E-state index contributed by atoms with van der Waals surface area (Å²) in [5.41, 5.74) is 0.613. The van der Waals surface area contributed by atoms with Crippen LogP contribution in [0.1, 0.15) is 16.1 Å². The summed E-state index contributed by atoms with van der Waals surface area (Å²) in [5, 5.41) is 8.78. The molecule has 0 aliphatic carbocycles. The number of thioether (sulfide) groups is 1. The Labute approximate surface area is 136 Å². The molecule has 2 aromatic rings. The summed E-state index contributed by atoms with van der Waals surface area (Å²) in [5.74, 6) is -2.07. The van der Waals surface area contributed by atoms with Gasteiger partial charge in [-0.05, 0) is 35.0 Å².